The van der Waals surface area contributed by atoms with Gasteiger partial charge in [-0.2, -0.15) is 0 Å². The van der Waals surface area contributed by atoms with Crippen molar-refractivity contribution in [2.45, 2.75) is 25.7 Å². The van der Waals surface area contributed by atoms with Gasteiger partial charge in [0.2, 0.25) is 5.91 Å². The number of rotatable bonds is 11. The van der Waals surface area contributed by atoms with E-state index in [2.05, 4.69) is 0 Å². The van der Waals surface area contributed by atoms with E-state index in [0.29, 0.717) is 11.1 Å². The van der Waals surface area contributed by atoms with Gasteiger partial charge in [0, 0.05) is 25.7 Å². The summed E-state index contributed by atoms with van der Waals surface area (Å²) >= 11 is 0. The van der Waals surface area contributed by atoms with Gasteiger partial charge >= 0.3 is 5.97 Å². The Morgan fingerprint density at radius 1 is 0.759 bits per heavy atom. The molecule has 7 heteroatoms. The first kappa shape index (κ1) is 21.7. The number of hydrogen-bond donors (Lipinski definition) is 2. The molecule has 0 spiro atoms. The SMILES string of the molecule is NC(=O)CC(CC(=O)Cc1ccccc1)(C(=O)Cc1ccccc1)C(=O)C(=O)O. The predicted molar refractivity (Wildman–Crippen MR) is 104 cm³/mol. The number of carboxylic acid groups (broad SMARTS) is 1. The summed E-state index contributed by atoms with van der Waals surface area (Å²) in [4.78, 5) is 61.4. The topological polar surface area (TPSA) is 132 Å². The zero-order valence-corrected chi connectivity index (χ0v) is 15.7. The van der Waals surface area contributed by atoms with Crippen LogP contribution in [0.25, 0.3) is 0 Å². The molecule has 2 aromatic carbocycles. The molecule has 0 radical (unpaired) electrons. The highest BCUT2D eigenvalue weighted by atomic mass is 16.4. The lowest BCUT2D eigenvalue weighted by Crippen LogP contribution is -2.48. The third-order valence-corrected chi connectivity index (χ3v) is 4.59. The molecule has 7 nitrogen and oxygen atoms in total. The van der Waals surface area contributed by atoms with Crippen molar-refractivity contribution in [1.29, 1.82) is 0 Å². The largest absolute Gasteiger partial charge is 0.475 e. The average molecular weight is 395 g/mol. The fraction of sp³-hybridized carbons (Fsp3) is 0.227. The number of carbonyl (C=O) groups is 5. The fourth-order valence-electron chi connectivity index (χ4n) is 3.22. The molecule has 3 N–H and O–H groups in total. The predicted octanol–water partition coefficient (Wildman–Crippen LogP) is 1.52. The minimum absolute atomic E-state index is 0.104. The van der Waals surface area contributed by atoms with Crippen LogP contribution in [0.15, 0.2) is 60.7 Å². The maximum atomic E-state index is 13.1. The van der Waals surface area contributed by atoms with E-state index in [1.165, 1.54) is 0 Å². The number of carboxylic acids is 1. The van der Waals surface area contributed by atoms with E-state index in [1.807, 2.05) is 0 Å². The molecule has 0 aromatic heterocycles. The van der Waals surface area contributed by atoms with Crippen LogP contribution in [-0.2, 0) is 36.8 Å². The standard InChI is InChI=1S/C22H21NO6/c23-19(26)14-22(20(27)21(28)29,18(25)12-16-9-5-2-6-10-16)13-17(24)11-15-7-3-1-4-8-15/h1-10H,11-14H2,(H2,23,26)(H,28,29). The average Bonchev–Trinajstić information content (AvgIpc) is 2.67. The molecule has 0 saturated carbocycles. The summed E-state index contributed by atoms with van der Waals surface area (Å²) in [6.07, 6.45) is -1.95. The molecular weight excluding hydrogens is 374 g/mol. The van der Waals surface area contributed by atoms with E-state index in [-0.39, 0.29) is 12.8 Å². The monoisotopic (exact) mass is 395 g/mol. The lowest BCUT2D eigenvalue weighted by molar-refractivity contribution is -0.159. The molecule has 1 amide bonds. The number of hydrogen-bond acceptors (Lipinski definition) is 5. The van der Waals surface area contributed by atoms with Crippen molar-refractivity contribution in [2.75, 3.05) is 0 Å². The second-order valence-electron chi connectivity index (χ2n) is 6.82. The Hall–Kier alpha value is -3.61. The van der Waals surface area contributed by atoms with Gasteiger partial charge in [-0.15, -0.1) is 0 Å². The summed E-state index contributed by atoms with van der Waals surface area (Å²) in [7, 11) is 0. The summed E-state index contributed by atoms with van der Waals surface area (Å²) in [6.45, 7) is 0. The van der Waals surface area contributed by atoms with Gasteiger partial charge in [0.1, 0.15) is 11.2 Å². The number of carbonyl (C=O) groups excluding carboxylic acids is 4. The van der Waals surface area contributed by atoms with Gasteiger partial charge in [-0.1, -0.05) is 60.7 Å². The van der Waals surface area contributed by atoms with Crippen molar-refractivity contribution in [1.82, 2.24) is 0 Å². The van der Waals surface area contributed by atoms with Crippen LogP contribution in [-0.4, -0.2) is 34.3 Å². The van der Waals surface area contributed by atoms with E-state index >= 15 is 0 Å². The van der Waals surface area contributed by atoms with Gasteiger partial charge < -0.3 is 10.8 Å². The van der Waals surface area contributed by atoms with Crippen molar-refractivity contribution in [3.63, 3.8) is 0 Å². The van der Waals surface area contributed by atoms with Crippen LogP contribution < -0.4 is 5.73 Å². The Morgan fingerprint density at radius 2 is 1.24 bits per heavy atom. The number of aliphatic carboxylic acids is 1. The molecule has 0 aliphatic rings. The van der Waals surface area contributed by atoms with Crippen LogP contribution in [0.2, 0.25) is 0 Å². The molecule has 1 unspecified atom stereocenters. The van der Waals surface area contributed by atoms with Crippen LogP contribution in [0.3, 0.4) is 0 Å². The van der Waals surface area contributed by atoms with Crippen LogP contribution in [0, 0.1) is 5.41 Å². The summed E-state index contributed by atoms with van der Waals surface area (Å²) in [5, 5.41) is 9.28. The van der Waals surface area contributed by atoms with Crippen LogP contribution in [0.5, 0.6) is 0 Å². The molecule has 1 atom stereocenters. The van der Waals surface area contributed by atoms with Crippen molar-refractivity contribution in [3.8, 4) is 0 Å². The van der Waals surface area contributed by atoms with E-state index in [9.17, 15) is 29.1 Å². The first-order valence-electron chi connectivity index (χ1n) is 8.93. The van der Waals surface area contributed by atoms with E-state index in [0.717, 1.165) is 0 Å². The molecule has 0 heterocycles. The van der Waals surface area contributed by atoms with Crippen molar-refractivity contribution >= 4 is 29.2 Å². The summed E-state index contributed by atoms with van der Waals surface area (Å²) in [5.74, 6) is -5.78. The van der Waals surface area contributed by atoms with Gasteiger partial charge in [-0.25, -0.2) is 4.79 Å². The molecule has 2 aromatic rings. The Morgan fingerprint density at radius 3 is 1.69 bits per heavy atom. The number of primary amides is 1. The second kappa shape index (κ2) is 9.54. The van der Waals surface area contributed by atoms with Crippen LogP contribution >= 0.6 is 0 Å². The van der Waals surface area contributed by atoms with Gasteiger partial charge in [0.25, 0.3) is 5.78 Å². The lowest BCUT2D eigenvalue weighted by Gasteiger charge is -2.27. The summed E-state index contributed by atoms with van der Waals surface area (Å²) in [5.41, 5.74) is 4.06. The van der Waals surface area contributed by atoms with E-state index in [4.69, 9.17) is 5.73 Å². The number of benzene rings is 2. The fourth-order valence-corrected chi connectivity index (χ4v) is 3.22. The maximum Gasteiger partial charge on any atom is 0.373 e. The first-order valence-corrected chi connectivity index (χ1v) is 8.93. The maximum absolute atomic E-state index is 13.1. The van der Waals surface area contributed by atoms with Gasteiger partial charge in [-0.3, -0.25) is 19.2 Å². The number of nitrogens with two attached hydrogens (primary N) is 1. The highest BCUT2D eigenvalue weighted by molar-refractivity contribution is 6.40. The third kappa shape index (κ3) is 5.68. The normalized spacial score (nSPS) is 12.6. The number of amides is 1. The van der Waals surface area contributed by atoms with Gasteiger partial charge in [0.15, 0.2) is 5.78 Å². The quantitative estimate of drug-likeness (QED) is 0.438. The van der Waals surface area contributed by atoms with Crippen LogP contribution in [0.4, 0.5) is 0 Å². The number of Topliss-reactive ketones (excluding diaryl/α,β-unsaturated/α-hetero) is 3. The third-order valence-electron chi connectivity index (χ3n) is 4.59. The summed E-state index contributed by atoms with van der Waals surface area (Å²) < 4.78 is 0. The smallest absolute Gasteiger partial charge is 0.373 e. The van der Waals surface area contributed by atoms with Crippen LogP contribution in [0.1, 0.15) is 24.0 Å². The van der Waals surface area contributed by atoms with E-state index in [1.54, 1.807) is 60.7 Å². The van der Waals surface area contributed by atoms with Gasteiger partial charge in [0.05, 0.1) is 0 Å². The first-order chi connectivity index (χ1) is 13.7. The zero-order chi connectivity index (χ0) is 21.4. The molecule has 0 aliphatic carbocycles. The molecular formula is C22H21NO6. The Kier molecular flexibility index (Phi) is 7.14. The molecule has 0 bridgehead atoms. The van der Waals surface area contributed by atoms with Crippen molar-refractivity contribution in [3.05, 3.63) is 71.8 Å². The molecule has 0 saturated heterocycles. The van der Waals surface area contributed by atoms with Crippen molar-refractivity contribution < 1.29 is 29.1 Å². The molecule has 0 fully saturated rings. The Balaban J connectivity index is 2.39. The van der Waals surface area contributed by atoms with Crippen molar-refractivity contribution in [2.24, 2.45) is 11.1 Å². The second-order valence-corrected chi connectivity index (χ2v) is 6.82. The molecule has 0 aliphatic heterocycles. The highest BCUT2D eigenvalue weighted by Gasteiger charge is 2.50. The number of ketones is 3. The lowest BCUT2D eigenvalue weighted by atomic mass is 9.70. The Bertz CT molecular complexity index is 923. The minimum Gasteiger partial charge on any atom is -0.475 e. The highest BCUT2D eigenvalue weighted by Crippen LogP contribution is 2.32. The summed E-state index contributed by atoms with van der Waals surface area (Å²) in [6, 6.07) is 16.9. The van der Waals surface area contributed by atoms with E-state index < -0.39 is 47.5 Å². The Labute approximate surface area is 167 Å². The minimum atomic E-state index is -2.33. The molecule has 150 valence electrons. The zero-order valence-electron chi connectivity index (χ0n) is 15.7. The molecule has 2 rings (SSSR count). The van der Waals surface area contributed by atoms with Gasteiger partial charge in [-0.05, 0) is 11.1 Å². The molecule has 29 heavy (non-hydrogen) atoms.